The Balaban J connectivity index is 2.65. The van der Waals surface area contributed by atoms with Crippen LogP contribution in [0.3, 0.4) is 0 Å². The Bertz CT molecular complexity index is 163. The van der Waals surface area contributed by atoms with Crippen LogP contribution in [0.15, 0.2) is 0 Å². The number of nitriles is 1. The molecule has 1 rings (SSSR count). The van der Waals surface area contributed by atoms with E-state index < -0.39 is 4.87 Å². The monoisotopic (exact) mass is 177 g/mol. The molecule has 56 valence electrons. The summed E-state index contributed by atoms with van der Waals surface area (Å²) in [5, 5.41) is 8.49. The molecule has 10 heavy (non-hydrogen) atoms. The second kappa shape index (κ2) is 2.98. The first-order chi connectivity index (χ1) is 4.69. The van der Waals surface area contributed by atoms with Crippen LogP contribution in [0, 0.1) is 11.3 Å². The fraction of sp³-hybridized carbons (Fsp3) is 0.857. The number of halogens is 2. The van der Waals surface area contributed by atoms with Gasteiger partial charge in [-0.2, -0.15) is 5.26 Å². The van der Waals surface area contributed by atoms with Gasteiger partial charge in [-0.3, -0.25) is 0 Å². The minimum absolute atomic E-state index is 0.159. The van der Waals surface area contributed by atoms with Crippen LogP contribution in [0.25, 0.3) is 0 Å². The van der Waals surface area contributed by atoms with Gasteiger partial charge in [0.05, 0.1) is 11.4 Å². The van der Waals surface area contributed by atoms with Gasteiger partial charge in [0.2, 0.25) is 0 Å². The maximum Gasteiger partial charge on any atom is 0.147 e. The zero-order chi connectivity index (χ0) is 7.61. The molecule has 1 nitrogen and oxygen atoms in total. The summed E-state index contributed by atoms with van der Waals surface area (Å²) >= 11 is 11.8. The van der Waals surface area contributed by atoms with E-state index in [0.29, 0.717) is 0 Å². The molecule has 1 aliphatic carbocycles. The quantitative estimate of drug-likeness (QED) is 0.523. The zero-order valence-corrected chi connectivity index (χ0v) is 7.12. The first-order valence-corrected chi connectivity index (χ1v) is 4.25. The SMILES string of the molecule is N#CC1(Cl)CCCCC1Cl. The number of rotatable bonds is 0. The zero-order valence-electron chi connectivity index (χ0n) is 5.61. The van der Waals surface area contributed by atoms with Crippen molar-refractivity contribution in [3.05, 3.63) is 0 Å². The van der Waals surface area contributed by atoms with Gasteiger partial charge in [-0.25, -0.2) is 0 Å². The highest BCUT2D eigenvalue weighted by Crippen LogP contribution is 2.37. The molecule has 0 spiro atoms. The Hall–Kier alpha value is 0.0700. The predicted molar refractivity (Wildman–Crippen MR) is 42.3 cm³/mol. The normalized spacial score (nSPS) is 40.7. The highest BCUT2D eigenvalue weighted by molar-refractivity contribution is 6.34. The van der Waals surface area contributed by atoms with Crippen molar-refractivity contribution in [2.24, 2.45) is 0 Å². The third-order valence-corrected chi connectivity index (χ3v) is 3.17. The second-order valence-corrected chi connectivity index (χ2v) is 3.89. The standard InChI is InChI=1S/C7H9Cl2N/c8-6-3-1-2-4-7(6,9)5-10/h6H,1-4H2. The van der Waals surface area contributed by atoms with Crippen molar-refractivity contribution >= 4 is 23.2 Å². The maximum atomic E-state index is 8.65. The molecule has 0 bridgehead atoms. The molecule has 0 aromatic carbocycles. The average Bonchev–Trinajstić information content (AvgIpc) is 1.96. The Labute approximate surface area is 70.9 Å². The van der Waals surface area contributed by atoms with Crippen LogP contribution < -0.4 is 0 Å². The van der Waals surface area contributed by atoms with Crippen LogP contribution >= 0.6 is 23.2 Å². The first kappa shape index (κ1) is 8.17. The van der Waals surface area contributed by atoms with Gasteiger partial charge in [-0.05, 0) is 12.8 Å². The molecule has 0 aliphatic heterocycles. The molecule has 0 amide bonds. The van der Waals surface area contributed by atoms with Crippen LogP contribution in [0.1, 0.15) is 25.7 Å². The van der Waals surface area contributed by atoms with Crippen LogP contribution in [-0.4, -0.2) is 10.3 Å². The van der Waals surface area contributed by atoms with E-state index in [0.717, 1.165) is 25.7 Å². The van der Waals surface area contributed by atoms with Crippen molar-refractivity contribution < 1.29 is 0 Å². The smallest absolute Gasteiger partial charge is 0.147 e. The van der Waals surface area contributed by atoms with Gasteiger partial charge in [-0.1, -0.05) is 12.8 Å². The van der Waals surface area contributed by atoms with Gasteiger partial charge >= 0.3 is 0 Å². The lowest BCUT2D eigenvalue weighted by Crippen LogP contribution is -2.34. The Kier molecular flexibility index (Phi) is 2.44. The minimum atomic E-state index is -0.778. The molecular formula is C7H9Cl2N. The lowest BCUT2D eigenvalue weighted by atomic mass is 9.89. The van der Waals surface area contributed by atoms with E-state index in [1.165, 1.54) is 0 Å². The van der Waals surface area contributed by atoms with Gasteiger partial charge in [0.1, 0.15) is 4.87 Å². The van der Waals surface area contributed by atoms with Crippen molar-refractivity contribution in [1.29, 1.82) is 5.26 Å². The molecule has 0 aromatic rings. The second-order valence-electron chi connectivity index (χ2n) is 2.69. The van der Waals surface area contributed by atoms with Crippen molar-refractivity contribution in [1.82, 2.24) is 0 Å². The third kappa shape index (κ3) is 1.38. The van der Waals surface area contributed by atoms with Crippen molar-refractivity contribution in [3.8, 4) is 6.07 Å². The van der Waals surface area contributed by atoms with Gasteiger partial charge < -0.3 is 0 Å². The molecule has 2 unspecified atom stereocenters. The molecule has 1 aliphatic rings. The molecule has 1 saturated carbocycles. The predicted octanol–water partition coefficient (Wildman–Crippen LogP) is 2.67. The van der Waals surface area contributed by atoms with Crippen molar-refractivity contribution in [2.75, 3.05) is 0 Å². The first-order valence-electron chi connectivity index (χ1n) is 3.43. The van der Waals surface area contributed by atoms with E-state index in [1.807, 2.05) is 0 Å². The summed E-state index contributed by atoms with van der Waals surface area (Å²) < 4.78 is 0. The summed E-state index contributed by atoms with van der Waals surface area (Å²) in [6, 6.07) is 2.06. The van der Waals surface area contributed by atoms with Crippen LogP contribution in [0.5, 0.6) is 0 Å². The van der Waals surface area contributed by atoms with Crippen LogP contribution in [0.4, 0.5) is 0 Å². The molecule has 1 fully saturated rings. The van der Waals surface area contributed by atoms with Gasteiger partial charge in [0, 0.05) is 0 Å². The van der Waals surface area contributed by atoms with E-state index in [-0.39, 0.29) is 5.38 Å². The summed E-state index contributed by atoms with van der Waals surface area (Å²) in [5.74, 6) is 0. The number of hydrogen-bond acceptors (Lipinski definition) is 1. The molecule has 2 atom stereocenters. The van der Waals surface area contributed by atoms with Crippen LogP contribution in [-0.2, 0) is 0 Å². The van der Waals surface area contributed by atoms with Crippen molar-refractivity contribution in [2.45, 2.75) is 35.9 Å². The van der Waals surface area contributed by atoms with E-state index in [4.69, 9.17) is 28.5 Å². The summed E-state index contributed by atoms with van der Waals surface area (Å²) in [6.45, 7) is 0. The lowest BCUT2D eigenvalue weighted by molar-refractivity contribution is 0.459. The third-order valence-electron chi connectivity index (χ3n) is 1.93. The molecule has 0 radical (unpaired) electrons. The summed E-state index contributed by atoms with van der Waals surface area (Å²) in [6.07, 6.45) is 3.74. The summed E-state index contributed by atoms with van der Waals surface area (Å²) in [5.41, 5.74) is 0. The number of alkyl halides is 2. The Morgan fingerprint density at radius 3 is 2.60 bits per heavy atom. The largest absolute Gasteiger partial charge is 0.196 e. The highest BCUT2D eigenvalue weighted by atomic mass is 35.5. The van der Waals surface area contributed by atoms with E-state index >= 15 is 0 Å². The Morgan fingerprint density at radius 2 is 2.20 bits per heavy atom. The fourth-order valence-electron chi connectivity index (χ4n) is 1.22. The van der Waals surface area contributed by atoms with Crippen molar-refractivity contribution in [3.63, 3.8) is 0 Å². The minimum Gasteiger partial charge on any atom is -0.196 e. The summed E-state index contributed by atoms with van der Waals surface area (Å²) in [4.78, 5) is -0.778. The van der Waals surface area contributed by atoms with Gasteiger partial charge in [0.15, 0.2) is 0 Å². The molecule has 0 saturated heterocycles. The fourth-order valence-corrected chi connectivity index (χ4v) is 1.77. The number of nitrogens with zero attached hydrogens (tertiary/aromatic N) is 1. The van der Waals surface area contributed by atoms with E-state index in [1.54, 1.807) is 0 Å². The maximum absolute atomic E-state index is 8.65. The topological polar surface area (TPSA) is 23.8 Å². The molecule has 0 heterocycles. The molecule has 0 aromatic heterocycles. The molecule has 3 heteroatoms. The molecular weight excluding hydrogens is 169 g/mol. The van der Waals surface area contributed by atoms with Gasteiger partial charge in [-0.15, -0.1) is 23.2 Å². The number of hydrogen-bond donors (Lipinski definition) is 0. The van der Waals surface area contributed by atoms with E-state index in [2.05, 4.69) is 6.07 Å². The van der Waals surface area contributed by atoms with E-state index in [9.17, 15) is 0 Å². The van der Waals surface area contributed by atoms with Crippen LogP contribution in [0.2, 0.25) is 0 Å². The van der Waals surface area contributed by atoms with Gasteiger partial charge in [0.25, 0.3) is 0 Å². The summed E-state index contributed by atoms with van der Waals surface area (Å²) in [7, 11) is 0. The Morgan fingerprint density at radius 1 is 1.50 bits per heavy atom. The highest BCUT2D eigenvalue weighted by Gasteiger charge is 2.37. The lowest BCUT2D eigenvalue weighted by Gasteiger charge is -2.28. The average molecular weight is 178 g/mol. The molecule has 0 N–H and O–H groups in total.